The van der Waals surface area contributed by atoms with Gasteiger partial charge < -0.3 is 9.63 Å². The summed E-state index contributed by atoms with van der Waals surface area (Å²) in [6, 6.07) is 6.94. The molecule has 0 spiro atoms. The zero-order valence-electron chi connectivity index (χ0n) is 12.3. The van der Waals surface area contributed by atoms with Crippen molar-refractivity contribution in [2.24, 2.45) is 0 Å². The number of aryl methyl sites for hydroxylation is 1. The van der Waals surface area contributed by atoms with Crippen LogP contribution in [0.1, 0.15) is 46.3 Å². The maximum atomic E-state index is 11.1. The number of hydrogen-bond donors (Lipinski definition) is 1. The second-order valence-electron chi connectivity index (χ2n) is 5.61. The third-order valence-corrected chi connectivity index (χ3v) is 4.37. The quantitative estimate of drug-likeness (QED) is 0.931. The third-order valence-electron chi connectivity index (χ3n) is 4.00. The van der Waals surface area contributed by atoms with Crippen molar-refractivity contribution in [1.82, 2.24) is 10.1 Å². The molecule has 1 aromatic carbocycles. The lowest BCUT2D eigenvalue weighted by molar-refractivity contribution is 0.0696. The smallest absolute Gasteiger partial charge is 0.335 e. The molecule has 0 aliphatic carbocycles. The van der Waals surface area contributed by atoms with Crippen LogP contribution in [0.15, 0.2) is 28.8 Å². The van der Waals surface area contributed by atoms with E-state index in [-0.39, 0.29) is 11.6 Å². The first-order valence-electron chi connectivity index (χ1n) is 7.23. The molecule has 5 nitrogen and oxygen atoms in total. The van der Waals surface area contributed by atoms with E-state index < -0.39 is 5.97 Å². The number of likely N-dealkylation sites (tertiary alicyclic amines) is 1. The first-order valence-corrected chi connectivity index (χ1v) is 7.61. The molecule has 1 unspecified atom stereocenters. The molecular weight excluding hydrogens is 304 g/mol. The van der Waals surface area contributed by atoms with Gasteiger partial charge in [0.25, 0.3) is 0 Å². The number of rotatable bonds is 4. The van der Waals surface area contributed by atoms with E-state index in [4.69, 9.17) is 21.2 Å². The summed E-state index contributed by atoms with van der Waals surface area (Å²) in [6.07, 6.45) is 2.07. The molecule has 1 N–H and O–H groups in total. The number of aromatic carboxylic acids is 1. The molecule has 1 aliphatic rings. The SMILES string of the molecule is Cc1cc(C2CCCN2Cc2cc(C(=O)O)ccc2Cl)on1. The maximum Gasteiger partial charge on any atom is 0.335 e. The summed E-state index contributed by atoms with van der Waals surface area (Å²) < 4.78 is 5.39. The van der Waals surface area contributed by atoms with Crippen LogP contribution in [0.4, 0.5) is 0 Å². The van der Waals surface area contributed by atoms with Crippen LogP contribution in [0.25, 0.3) is 0 Å². The Morgan fingerprint density at radius 1 is 1.50 bits per heavy atom. The van der Waals surface area contributed by atoms with Crippen LogP contribution in [-0.4, -0.2) is 27.7 Å². The Hall–Kier alpha value is -1.85. The largest absolute Gasteiger partial charge is 0.478 e. The van der Waals surface area contributed by atoms with Gasteiger partial charge in [0.05, 0.1) is 17.3 Å². The molecule has 3 rings (SSSR count). The van der Waals surface area contributed by atoms with Crippen LogP contribution in [0.3, 0.4) is 0 Å². The van der Waals surface area contributed by atoms with Gasteiger partial charge >= 0.3 is 5.97 Å². The standard InChI is InChI=1S/C16H17ClN2O3/c1-10-7-15(22-18-10)14-3-2-6-19(14)9-12-8-11(16(20)21)4-5-13(12)17/h4-5,7-8,14H,2-3,6,9H2,1H3,(H,20,21). The Morgan fingerprint density at radius 3 is 3.00 bits per heavy atom. The van der Waals surface area contributed by atoms with Crippen LogP contribution < -0.4 is 0 Å². The van der Waals surface area contributed by atoms with E-state index in [2.05, 4.69) is 10.1 Å². The lowest BCUT2D eigenvalue weighted by atomic mass is 10.1. The monoisotopic (exact) mass is 320 g/mol. The molecule has 0 bridgehead atoms. The summed E-state index contributed by atoms with van der Waals surface area (Å²) in [6.45, 7) is 3.43. The Bertz CT molecular complexity index is 698. The molecule has 0 radical (unpaired) electrons. The molecule has 116 valence electrons. The fourth-order valence-corrected chi connectivity index (χ4v) is 3.10. The summed E-state index contributed by atoms with van der Waals surface area (Å²) in [5.41, 5.74) is 1.95. The average molecular weight is 321 g/mol. The van der Waals surface area contributed by atoms with Gasteiger partial charge in [0.2, 0.25) is 0 Å². The molecule has 6 heteroatoms. The number of nitrogens with zero attached hydrogens (tertiary/aromatic N) is 2. The van der Waals surface area contributed by atoms with E-state index in [1.807, 2.05) is 13.0 Å². The van der Waals surface area contributed by atoms with Crippen LogP contribution in [0.2, 0.25) is 5.02 Å². The number of hydrogen-bond acceptors (Lipinski definition) is 4. The molecule has 2 heterocycles. The number of halogens is 1. The van der Waals surface area contributed by atoms with E-state index >= 15 is 0 Å². The van der Waals surface area contributed by atoms with Crippen LogP contribution in [-0.2, 0) is 6.54 Å². The number of benzene rings is 1. The Labute approximate surface area is 133 Å². The van der Waals surface area contributed by atoms with Crippen molar-refractivity contribution in [3.8, 4) is 0 Å². The highest BCUT2D eigenvalue weighted by Gasteiger charge is 2.29. The molecule has 0 saturated carbocycles. The highest BCUT2D eigenvalue weighted by Crippen LogP contribution is 2.34. The minimum absolute atomic E-state index is 0.172. The van der Waals surface area contributed by atoms with Crippen LogP contribution in [0, 0.1) is 6.92 Å². The Morgan fingerprint density at radius 2 is 2.32 bits per heavy atom. The summed E-state index contributed by atoms with van der Waals surface area (Å²) in [5.74, 6) is -0.0812. The molecule has 1 saturated heterocycles. The van der Waals surface area contributed by atoms with Crippen LogP contribution >= 0.6 is 11.6 Å². The van der Waals surface area contributed by atoms with Crippen molar-refractivity contribution in [2.75, 3.05) is 6.54 Å². The van der Waals surface area contributed by atoms with Gasteiger partial charge in [-0.25, -0.2) is 4.79 Å². The molecule has 1 atom stereocenters. The van der Waals surface area contributed by atoms with Crippen molar-refractivity contribution < 1.29 is 14.4 Å². The molecule has 1 fully saturated rings. The van der Waals surface area contributed by atoms with Gasteiger partial charge in [-0.3, -0.25) is 4.90 Å². The van der Waals surface area contributed by atoms with Gasteiger partial charge in [0, 0.05) is 17.6 Å². The van der Waals surface area contributed by atoms with Gasteiger partial charge in [-0.05, 0) is 50.1 Å². The van der Waals surface area contributed by atoms with E-state index in [9.17, 15) is 4.79 Å². The molecule has 0 amide bonds. The predicted molar refractivity (Wildman–Crippen MR) is 82.0 cm³/mol. The van der Waals surface area contributed by atoms with Gasteiger partial charge in [-0.1, -0.05) is 16.8 Å². The van der Waals surface area contributed by atoms with Crippen molar-refractivity contribution in [2.45, 2.75) is 32.4 Å². The number of aromatic nitrogens is 1. The maximum absolute atomic E-state index is 11.1. The molecule has 22 heavy (non-hydrogen) atoms. The first kappa shape index (κ1) is 15.1. The van der Waals surface area contributed by atoms with Gasteiger partial charge in [0.15, 0.2) is 5.76 Å². The van der Waals surface area contributed by atoms with E-state index in [1.165, 1.54) is 6.07 Å². The Balaban J connectivity index is 1.82. The highest BCUT2D eigenvalue weighted by atomic mass is 35.5. The summed E-state index contributed by atoms with van der Waals surface area (Å²) >= 11 is 6.22. The first-order chi connectivity index (χ1) is 10.5. The van der Waals surface area contributed by atoms with Gasteiger partial charge in [-0.2, -0.15) is 0 Å². The topological polar surface area (TPSA) is 66.6 Å². The minimum Gasteiger partial charge on any atom is -0.478 e. The fraction of sp³-hybridized carbons (Fsp3) is 0.375. The van der Waals surface area contributed by atoms with Crippen molar-refractivity contribution in [1.29, 1.82) is 0 Å². The fourth-order valence-electron chi connectivity index (χ4n) is 2.93. The summed E-state index contributed by atoms with van der Waals surface area (Å²) in [5, 5.41) is 13.7. The van der Waals surface area contributed by atoms with Crippen molar-refractivity contribution >= 4 is 17.6 Å². The van der Waals surface area contributed by atoms with Crippen molar-refractivity contribution in [3.05, 3.63) is 51.9 Å². The van der Waals surface area contributed by atoms with Gasteiger partial charge in [-0.15, -0.1) is 0 Å². The van der Waals surface area contributed by atoms with Crippen LogP contribution in [0.5, 0.6) is 0 Å². The molecular formula is C16H17ClN2O3. The Kier molecular flexibility index (Phi) is 4.18. The minimum atomic E-state index is -0.943. The number of carboxylic acids is 1. The molecule has 1 aliphatic heterocycles. The second kappa shape index (κ2) is 6.10. The average Bonchev–Trinajstić information content (AvgIpc) is 3.09. The van der Waals surface area contributed by atoms with E-state index in [0.717, 1.165) is 36.4 Å². The van der Waals surface area contributed by atoms with E-state index in [1.54, 1.807) is 12.1 Å². The normalized spacial score (nSPS) is 18.7. The molecule has 1 aromatic heterocycles. The second-order valence-corrected chi connectivity index (χ2v) is 6.02. The third kappa shape index (κ3) is 3.00. The summed E-state index contributed by atoms with van der Waals surface area (Å²) in [7, 11) is 0. The van der Waals surface area contributed by atoms with Crippen molar-refractivity contribution in [3.63, 3.8) is 0 Å². The van der Waals surface area contributed by atoms with E-state index in [0.29, 0.717) is 11.6 Å². The predicted octanol–water partition coefficient (Wildman–Crippen LogP) is 3.67. The zero-order valence-corrected chi connectivity index (χ0v) is 13.0. The lowest BCUT2D eigenvalue weighted by Crippen LogP contribution is -2.22. The summed E-state index contributed by atoms with van der Waals surface area (Å²) in [4.78, 5) is 13.4. The lowest BCUT2D eigenvalue weighted by Gasteiger charge is -2.23. The highest BCUT2D eigenvalue weighted by molar-refractivity contribution is 6.31. The molecule has 2 aromatic rings. The van der Waals surface area contributed by atoms with Gasteiger partial charge in [0.1, 0.15) is 0 Å². The zero-order chi connectivity index (χ0) is 15.7. The number of carbonyl (C=O) groups is 1. The number of carboxylic acid groups (broad SMARTS) is 1.